The van der Waals surface area contributed by atoms with Gasteiger partial charge in [-0.2, -0.15) is 0 Å². The molecule has 0 amide bonds. The standard InChI is InChI=1S/C17H16Br2O/c18-11-14(12-5-3-6-15(19)8-12)10-16-9-13-4-1-2-7-17(13)20-16/h1-8,14,16H,9-11H2. The van der Waals surface area contributed by atoms with Crippen LogP contribution in [0.2, 0.25) is 0 Å². The molecule has 0 saturated heterocycles. The maximum absolute atomic E-state index is 6.06. The van der Waals surface area contributed by atoms with Crippen LogP contribution in [0.3, 0.4) is 0 Å². The van der Waals surface area contributed by atoms with Crippen molar-refractivity contribution in [2.75, 3.05) is 5.33 Å². The molecule has 1 aliphatic rings. The first-order valence-corrected chi connectivity index (χ1v) is 8.73. The fourth-order valence-corrected chi connectivity index (χ4v) is 3.81. The number of fused-ring (bicyclic) bond motifs is 1. The normalized spacial score (nSPS) is 18.4. The summed E-state index contributed by atoms with van der Waals surface area (Å²) in [7, 11) is 0. The maximum Gasteiger partial charge on any atom is 0.123 e. The van der Waals surface area contributed by atoms with Gasteiger partial charge in [0.25, 0.3) is 0 Å². The van der Waals surface area contributed by atoms with E-state index in [0.29, 0.717) is 5.92 Å². The molecule has 0 aliphatic carbocycles. The lowest BCUT2D eigenvalue weighted by molar-refractivity contribution is 0.213. The number of hydrogen-bond donors (Lipinski definition) is 0. The first kappa shape index (κ1) is 14.2. The molecule has 104 valence electrons. The van der Waals surface area contributed by atoms with Crippen molar-refractivity contribution in [3.63, 3.8) is 0 Å². The predicted molar refractivity (Wildman–Crippen MR) is 89.9 cm³/mol. The number of alkyl halides is 1. The highest BCUT2D eigenvalue weighted by Crippen LogP contribution is 2.34. The molecule has 0 spiro atoms. The Morgan fingerprint density at radius 1 is 1.15 bits per heavy atom. The third-order valence-corrected chi connectivity index (χ3v) is 5.04. The first-order valence-electron chi connectivity index (χ1n) is 6.82. The van der Waals surface area contributed by atoms with E-state index in [1.165, 1.54) is 11.1 Å². The van der Waals surface area contributed by atoms with Gasteiger partial charge < -0.3 is 4.74 Å². The van der Waals surface area contributed by atoms with Crippen LogP contribution in [0.5, 0.6) is 5.75 Å². The van der Waals surface area contributed by atoms with Gasteiger partial charge in [0.1, 0.15) is 11.9 Å². The molecule has 1 heterocycles. The van der Waals surface area contributed by atoms with Crippen LogP contribution in [-0.4, -0.2) is 11.4 Å². The summed E-state index contributed by atoms with van der Waals surface area (Å²) in [6, 6.07) is 16.9. The minimum absolute atomic E-state index is 0.286. The molecular weight excluding hydrogens is 380 g/mol. The van der Waals surface area contributed by atoms with Gasteiger partial charge in [0.05, 0.1) is 0 Å². The topological polar surface area (TPSA) is 9.23 Å². The molecule has 0 aromatic heterocycles. The minimum Gasteiger partial charge on any atom is -0.490 e. The van der Waals surface area contributed by atoms with Crippen LogP contribution in [0.4, 0.5) is 0 Å². The molecule has 20 heavy (non-hydrogen) atoms. The molecule has 0 fully saturated rings. The second kappa shape index (κ2) is 6.31. The Balaban J connectivity index is 1.71. The maximum atomic E-state index is 6.06. The smallest absolute Gasteiger partial charge is 0.123 e. The van der Waals surface area contributed by atoms with Gasteiger partial charge in [-0.3, -0.25) is 0 Å². The van der Waals surface area contributed by atoms with Gasteiger partial charge in [-0.1, -0.05) is 62.2 Å². The Kier molecular flexibility index (Phi) is 4.47. The largest absolute Gasteiger partial charge is 0.490 e. The number of para-hydroxylation sites is 1. The molecule has 1 nitrogen and oxygen atoms in total. The van der Waals surface area contributed by atoms with Gasteiger partial charge in [-0.15, -0.1) is 0 Å². The number of rotatable bonds is 4. The van der Waals surface area contributed by atoms with E-state index in [1.54, 1.807) is 0 Å². The minimum atomic E-state index is 0.286. The highest BCUT2D eigenvalue weighted by Gasteiger charge is 2.25. The lowest BCUT2D eigenvalue weighted by Gasteiger charge is -2.19. The summed E-state index contributed by atoms with van der Waals surface area (Å²) in [6.45, 7) is 0. The Labute approximate surface area is 136 Å². The lowest BCUT2D eigenvalue weighted by Crippen LogP contribution is -2.18. The van der Waals surface area contributed by atoms with Crippen molar-refractivity contribution in [1.82, 2.24) is 0 Å². The average Bonchev–Trinajstić information content (AvgIpc) is 2.87. The molecule has 0 radical (unpaired) electrons. The second-order valence-corrected chi connectivity index (χ2v) is 6.76. The van der Waals surface area contributed by atoms with Gasteiger partial charge in [-0.05, 0) is 41.7 Å². The summed E-state index contributed by atoms with van der Waals surface area (Å²) in [4.78, 5) is 0. The highest BCUT2D eigenvalue weighted by atomic mass is 79.9. The quantitative estimate of drug-likeness (QED) is 0.636. The Morgan fingerprint density at radius 3 is 2.75 bits per heavy atom. The van der Waals surface area contributed by atoms with Gasteiger partial charge in [0, 0.05) is 16.2 Å². The van der Waals surface area contributed by atoms with E-state index in [1.807, 2.05) is 6.07 Å². The number of benzene rings is 2. The third-order valence-electron chi connectivity index (χ3n) is 3.77. The van der Waals surface area contributed by atoms with E-state index in [9.17, 15) is 0 Å². The molecule has 3 rings (SSSR count). The Morgan fingerprint density at radius 2 is 2.00 bits per heavy atom. The van der Waals surface area contributed by atoms with Gasteiger partial charge in [0.15, 0.2) is 0 Å². The van der Waals surface area contributed by atoms with Crippen molar-refractivity contribution >= 4 is 31.9 Å². The third kappa shape index (κ3) is 3.09. The monoisotopic (exact) mass is 394 g/mol. The SMILES string of the molecule is BrCC(CC1Cc2ccccc2O1)c1cccc(Br)c1. The van der Waals surface area contributed by atoms with Crippen molar-refractivity contribution in [2.45, 2.75) is 24.9 Å². The van der Waals surface area contributed by atoms with Gasteiger partial charge >= 0.3 is 0 Å². The Hall–Kier alpha value is -0.800. The summed E-state index contributed by atoms with van der Waals surface area (Å²) in [5.74, 6) is 1.53. The lowest BCUT2D eigenvalue weighted by atomic mass is 9.93. The van der Waals surface area contributed by atoms with Crippen LogP contribution in [0.15, 0.2) is 53.0 Å². The van der Waals surface area contributed by atoms with Crippen LogP contribution in [0.25, 0.3) is 0 Å². The van der Waals surface area contributed by atoms with Crippen molar-refractivity contribution < 1.29 is 4.74 Å². The molecule has 1 aliphatic heterocycles. The first-order chi connectivity index (χ1) is 9.76. The number of halogens is 2. The van der Waals surface area contributed by atoms with Gasteiger partial charge in [-0.25, -0.2) is 0 Å². The van der Waals surface area contributed by atoms with E-state index in [4.69, 9.17) is 4.74 Å². The Bertz CT molecular complexity index is 572. The molecule has 2 atom stereocenters. The van der Waals surface area contributed by atoms with E-state index in [-0.39, 0.29) is 6.10 Å². The molecule has 2 aromatic carbocycles. The predicted octanol–water partition coefficient (Wildman–Crippen LogP) is 5.32. The zero-order valence-corrected chi connectivity index (χ0v) is 14.2. The summed E-state index contributed by atoms with van der Waals surface area (Å²) >= 11 is 7.20. The van der Waals surface area contributed by atoms with Crippen molar-refractivity contribution in [3.05, 3.63) is 64.1 Å². The summed E-state index contributed by atoms with van der Waals surface area (Å²) in [5, 5.41) is 0.958. The fraction of sp³-hybridized carbons (Fsp3) is 0.294. The highest BCUT2D eigenvalue weighted by molar-refractivity contribution is 9.10. The fourth-order valence-electron chi connectivity index (χ4n) is 2.75. The van der Waals surface area contributed by atoms with E-state index < -0.39 is 0 Å². The van der Waals surface area contributed by atoms with Crippen LogP contribution in [0.1, 0.15) is 23.5 Å². The summed E-state index contributed by atoms with van der Waals surface area (Å²) < 4.78 is 7.19. The number of hydrogen-bond acceptors (Lipinski definition) is 1. The second-order valence-electron chi connectivity index (χ2n) is 5.19. The van der Waals surface area contributed by atoms with Crippen molar-refractivity contribution in [2.24, 2.45) is 0 Å². The van der Waals surface area contributed by atoms with Crippen LogP contribution in [0, 0.1) is 0 Å². The number of ether oxygens (including phenoxy) is 1. The van der Waals surface area contributed by atoms with E-state index in [0.717, 1.165) is 28.4 Å². The zero-order chi connectivity index (χ0) is 13.9. The molecule has 0 saturated carbocycles. The summed E-state index contributed by atoms with van der Waals surface area (Å²) in [5.41, 5.74) is 2.69. The molecule has 0 N–H and O–H groups in total. The van der Waals surface area contributed by atoms with E-state index in [2.05, 4.69) is 74.3 Å². The van der Waals surface area contributed by atoms with Crippen LogP contribution < -0.4 is 4.74 Å². The van der Waals surface area contributed by atoms with E-state index >= 15 is 0 Å². The zero-order valence-electron chi connectivity index (χ0n) is 11.1. The van der Waals surface area contributed by atoms with Crippen molar-refractivity contribution in [1.29, 1.82) is 0 Å². The molecule has 3 heteroatoms. The summed E-state index contributed by atoms with van der Waals surface area (Å²) in [6.07, 6.45) is 2.35. The van der Waals surface area contributed by atoms with Crippen LogP contribution >= 0.6 is 31.9 Å². The van der Waals surface area contributed by atoms with Crippen molar-refractivity contribution in [3.8, 4) is 5.75 Å². The van der Waals surface area contributed by atoms with Crippen LogP contribution in [-0.2, 0) is 6.42 Å². The molecule has 0 bridgehead atoms. The molecule has 2 unspecified atom stereocenters. The van der Waals surface area contributed by atoms with Gasteiger partial charge in [0.2, 0.25) is 0 Å². The molecule has 2 aromatic rings. The average molecular weight is 396 g/mol. The molecular formula is C17H16Br2O.